The van der Waals surface area contributed by atoms with Crippen molar-refractivity contribution in [3.63, 3.8) is 0 Å². The molecule has 0 bridgehead atoms. The van der Waals surface area contributed by atoms with E-state index in [2.05, 4.69) is 14.7 Å². The molecule has 0 saturated heterocycles. The summed E-state index contributed by atoms with van der Waals surface area (Å²) in [4.78, 5) is 18.2. The van der Waals surface area contributed by atoms with Crippen molar-refractivity contribution in [3.8, 4) is 0 Å². The number of carbonyl (C=O) groups is 1. The highest BCUT2D eigenvalue weighted by Crippen LogP contribution is 2.23. The number of H-pyrrole nitrogens is 1. The first kappa shape index (κ1) is 14.7. The molecular formula is C11H13N3O4S2. The van der Waals surface area contributed by atoms with E-state index in [1.54, 1.807) is 11.7 Å². The first-order valence-corrected chi connectivity index (χ1v) is 7.98. The lowest BCUT2D eigenvalue weighted by atomic mass is 10.2. The summed E-state index contributed by atoms with van der Waals surface area (Å²) in [7, 11) is -3.78. The number of hydrogen-bond donors (Lipinski definition) is 3. The minimum atomic E-state index is -3.78. The van der Waals surface area contributed by atoms with Gasteiger partial charge >= 0.3 is 5.97 Å². The zero-order valence-electron chi connectivity index (χ0n) is 10.8. The van der Waals surface area contributed by atoms with Crippen LogP contribution in [-0.4, -0.2) is 29.5 Å². The van der Waals surface area contributed by atoms with Crippen molar-refractivity contribution in [3.05, 3.63) is 33.5 Å². The molecule has 3 N–H and O–H groups in total. The van der Waals surface area contributed by atoms with Crippen molar-refractivity contribution >= 4 is 27.3 Å². The Balaban J connectivity index is 2.32. The fourth-order valence-corrected chi connectivity index (χ4v) is 3.99. The maximum Gasteiger partial charge on any atom is 0.352 e. The Hall–Kier alpha value is -1.71. The standard InChI is InChI=1S/C11H13N3O4S2/c1-6-9(11(15)16)14-7(2)10(6)20(17,18)13-4-8-3-12-5-19-8/h3,5,13-14H,4H2,1-2H3,(H,15,16). The van der Waals surface area contributed by atoms with Crippen LogP contribution in [0.15, 0.2) is 16.6 Å². The van der Waals surface area contributed by atoms with Crippen LogP contribution >= 0.6 is 11.3 Å². The molecule has 108 valence electrons. The number of sulfonamides is 1. The number of aromatic nitrogens is 2. The lowest BCUT2D eigenvalue weighted by molar-refractivity contribution is 0.0690. The zero-order chi connectivity index (χ0) is 14.9. The second-order valence-electron chi connectivity index (χ2n) is 4.18. The average Bonchev–Trinajstić information content (AvgIpc) is 2.95. The molecule has 0 unspecified atom stereocenters. The van der Waals surface area contributed by atoms with Gasteiger partial charge in [0.05, 0.1) is 5.51 Å². The first-order chi connectivity index (χ1) is 9.33. The number of aromatic amines is 1. The smallest absolute Gasteiger partial charge is 0.352 e. The molecule has 0 amide bonds. The summed E-state index contributed by atoms with van der Waals surface area (Å²) < 4.78 is 27.0. The number of hydrogen-bond acceptors (Lipinski definition) is 5. The van der Waals surface area contributed by atoms with Gasteiger partial charge in [0.15, 0.2) is 0 Å². The van der Waals surface area contributed by atoms with Gasteiger partial charge in [-0.25, -0.2) is 17.9 Å². The quantitative estimate of drug-likeness (QED) is 0.769. The van der Waals surface area contributed by atoms with E-state index in [-0.39, 0.29) is 22.7 Å². The molecule has 0 fully saturated rings. The Kier molecular flexibility index (Phi) is 3.93. The van der Waals surface area contributed by atoms with Crippen LogP contribution in [0.2, 0.25) is 0 Å². The molecule has 0 saturated carbocycles. The van der Waals surface area contributed by atoms with Gasteiger partial charge in [-0.05, 0) is 13.8 Å². The summed E-state index contributed by atoms with van der Waals surface area (Å²) >= 11 is 1.34. The van der Waals surface area contributed by atoms with Gasteiger partial charge in [0.25, 0.3) is 0 Å². The van der Waals surface area contributed by atoms with Gasteiger partial charge in [-0.1, -0.05) is 0 Å². The Labute approximate surface area is 119 Å². The van der Waals surface area contributed by atoms with E-state index in [1.807, 2.05) is 0 Å². The maximum absolute atomic E-state index is 12.3. The van der Waals surface area contributed by atoms with E-state index in [0.29, 0.717) is 5.69 Å². The van der Waals surface area contributed by atoms with Crippen molar-refractivity contribution < 1.29 is 18.3 Å². The molecule has 2 aromatic heterocycles. The Morgan fingerprint density at radius 2 is 2.20 bits per heavy atom. The van der Waals surface area contributed by atoms with E-state index >= 15 is 0 Å². The van der Waals surface area contributed by atoms with Crippen molar-refractivity contribution in [1.29, 1.82) is 0 Å². The second kappa shape index (κ2) is 5.35. The molecule has 7 nitrogen and oxygen atoms in total. The summed E-state index contributed by atoms with van der Waals surface area (Å²) in [5.41, 5.74) is 2.00. The van der Waals surface area contributed by atoms with Crippen molar-refractivity contribution in [1.82, 2.24) is 14.7 Å². The van der Waals surface area contributed by atoms with Gasteiger partial charge in [-0.15, -0.1) is 11.3 Å². The number of rotatable bonds is 5. The van der Waals surface area contributed by atoms with Gasteiger partial charge in [-0.2, -0.15) is 0 Å². The summed E-state index contributed by atoms with van der Waals surface area (Å²) in [5.74, 6) is -1.19. The molecule has 9 heteroatoms. The third-order valence-corrected chi connectivity index (χ3v) is 5.22. The van der Waals surface area contributed by atoms with Gasteiger partial charge in [0.1, 0.15) is 10.6 Å². The number of aryl methyl sites for hydroxylation is 1. The van der Waals surface area contributed by atoms with Crippen LogP contribution in [0.4, 0.5) is 0 Å². The molecule has 0 aliphatic carbocycles. The lowest BCUT2D eigenvalue weighted by Gasteiger charge is -2.06. The number of carboxylic acid groups (broad SMARTS) is 1. The Bertz CT molecular complexity index is 732. The predicted octanol–water partition coefficient (Wildman–Crippen LogP) is 1.26. The summed E-state index contributed by atoms with van der Waals surface area (Å²) in [6.45, 7) is 3.12. The van der Waals surface area contributed by atoms with Crippen molar-refractivity contribution in [2.45, 2.75) is 25.3 Å². The molecule has 0 aromatic carbocycles. The monoisotopic (exact) mass is 315 g/mol. The molecule has 2 rings (SSSR count). The Morgan fingerprint density at radius 1 is 1.50 bits per heavy atom. The van der Waals surface area contributed by atoms with Crippen LogP contribution in [0.25, 0.3) is 0 Å². The fourth-order valence-electron chi connectivity index (χ4n) is 1.92. The zero-order valence-corrected chi connectivity index (χ0v) is 12.4. The normalized spacial score (nSPS) is 11.7. The van der Waals surface area contributed by atoms with Crippen LogP contribution in [-0.2, 0) is 16.6 Å². The number of nitrogens with one attached hydrogen (secondary N) is 2. The summed E-state index contributed by atoms with van der Waals surface area (Å²) in [6, 6.07) is 0. The van der Waals surface area contributed by atoms with Crippen LogP contribution in [0.1, 0.15) is 26.6 Å². The van der Waals surface area contributed by atoms with Crippen molar-refractivity contribution in [2.24, 2.45) is 0 Å². The van der Waals surface area contributed by atoms with E-state index in [1.165, 1.54) is 25.2 Å². The van der Waals surface area contributed by atoms with E-state index in [4.69, 9.17) is 5.11 Å². The molecule has 0 radical (unpaired) electrons. The van der Waals surface area contributed by atoms with Crippen LogP contribution in [0.3, 0.4) is 0 Å². The van der Waals surface area contributed by atoms with Crippen LogP contribution in [0.5, 0.6) is 0 Å². The van der Waals surface area contributed by atoms with Gasteiger partial charge in [-0.3, -0.25) is 4.98 Å². The molecule has 2 aromatic rings. The third-order valence-electron chi connectivity index (χ3n) is 2.77. The molecule has 2 heterocycles. The highest BCUT2D eigenvalue weighted by atomic mass is 32.2. The minimum Gasteiger partial charge on any atom is -0.477 e. The number of aromatic carboxylic acids is 1. The molecule has 0 atom stereocenters. The van der Waals surface area contributed by atoms with E-state index in [9.17, 15) is 13.2 Å². The minimum absolute atomic E-state index is 0.0144. The van der Waals surface area contributed by atoms with Crippen molar-refractivity contribution in [2.75, 3.05) is 0 Å². The molecule has 0 aliphatic rings. The van der Waals surface area contributed by atoms with Gasteiger partial charge in [0, 0.05) is 28.9 Å². The number of thiazole rings is 1. The maximum atomic E-state index is 12.3. The second-order valence-corrected chi connectivity index (χ2v) is 6.85. The highest BCUT2D eigenvalue weighted by molar-refractivity contribution is 7.89. The molecular weight excluding hydrogens is 302 g/mol. The number of nitrogens with zero attached hydrogens (tertiary/aromatic N) is 1. The van der Waals surface area contributed by atoms with E-state index in [0.717, 1.165) is 4.88 Å². The van der Waals surface area contributed by atoms with E-state index < -0.39 is 16.0 Å². The van der Waals surface area contributed by atoms with Gasteiger partial charge < -0.3 is 10.1 Å². The lowest BCUT2D eigenvalue weighted by Crippen LogP contribution is -2.23. The average molecular weight is 315 g/mol. The van der Waals surface area contributed by atoms with Crippen LogP contribution < -0.4 is 4.72 Å². The molecule has 20 heavy (non-hydrogen) atoms. The summed E-state index contributed by atoms with van der Waals surface area (Å²) in [5, 5.41) is 9.00. The first-order valence-electron chi connectivity index (χ1n) is 5.62. The molecule has 0 aliphatic heterocycles. The largest absolute Gasteiger partial charge is 0.477 e. The number of carboxylic acids is 1. The SMILES string of the molecule is Cc1[nH]c(C(=O)O)c(C)c1S(=O)(=O)NCc1cncs1. The topological polar surface area (TPSA) is 112 Å². The predicted molar refractivity (Wildman–Crippen MR) is 73.4 cm³/mol. The third kappa shape index (κ3) is 2.74. The highest BCUT2D eigenvalue weighted by Gasteiger charge is 2.26. The molecule has 0 spiro atoms. The fraction of sp³-hybridized carbons (Fsp3) is 0.273. The Morgan fingerprint density at radius 3 is 2.70 bits per heavy atom. The van der Waals surface area contributed by atoms with Gasteiger partial charge in [0.2, 0.25) is 10.0 Å². The van der Waals surface area contributed by atoms with Crippen LogP contribution in [0, 0.1) is 13.8 Å². The summed E-state index contributed by atoms with van der Waals surface area (Å²) in [6.07, 6.45) is 1.58.